The van der Waals surface area contributed by atoms with Crippen LogP contribution >= 0.6 is 11.6 Å². The Hall–Kier alpha value is -2.33. The Morgan fingerprint density at radius 1 is 0.857 bits per heavy atom. The van der Waals surface area contributed by atoms with Crippen molar-refractivity contribution in [1.82, 2.24) is 0 Å². The van der Waals surface area contributed by atoms with Crippen LogP contribution in [0.3, 0.4) is 0 Å². The number of carbonyl (C=O) groups excluding carboxylic acids is 2. The van der Waals surface area contributed by atoms with Crippen molar-refractivity contribution in [2.24, 2.45) is 0 Å². The highest BCUT2D eigenvalue weighted by atomic mass is 35.5. The zero-order chi connectivity index (χ0) is 14.8. The van der Waals surface area contributed by atoms with Crippen LogP contribution in [-0.2, 0) is 9.59 Å². The van der Waals surface area contributed by atoms with E-state index in [2.05, 4.69) is 10.6 Å². The molecule has 0 saturated carbocycles. The number of hydrogen-bond acceptors (Lipinski definition) is 2. The molecule has 3 rings (SSSR count). The number of fused-ring (bicyclic) bond motifs is 1. The minimum Gasteiger partial charge on any atom is -0.324 e. The van der Waals surface area contributed by atoms with E-state index < -0.39 is 0 Å². The average Bonchev–Trinajstić information content (AvgIpc) is 2.63. The van der Waals surface area contributed by atoms with E-state index in [-0.39, 0.29) is 23.6 Å². The molecule has 2 aromatic rings. The summed E-state index contributed by atoms with van der Waals surface area (Å²) in [6.07, 6.45) is -0.174. The second-order valence-electron chi connectivity index (χ2n) is 4.85. The summed E-state index contributed by atoms with van der Waals surface area (Å²) < 4.78 is 0. The number of benzene rings is 2. The molecule has 1 unspecified atom stereocenters. The van der Waals surface area contributed by atoms with Gasteiger partial charge in [-0.05, 0) is 23.3 Å². The lowest BCUT2D eigenvalue weighted by atomic mass is 10.0. The molecule has 1 aliphatic rings. The molecule has 2 N–H and O–H groups in total. The van der Waals surface area contributed by atoms with Crippen LogP contribution in [0.4, 0.5) is 11.4 Å². The van der Waals surface area contributed by atoms with E-state index >= 15 is 0 Å². The van der Waals surface area contributed by atoms with Crippen LogP contribution < -0.4 is 10.6 Å². The maximum Gasteiger partial charge on any atom is 0.233 e. The van der Waals surface area contributed by atoms with Crippen LogP contribution in [0.1, 0.15) is 22.9 Å². The van der Waals surface area contributed by atoms with Crippen molar-refractivity contribution in [3.63, 3.8) is 0 Å². The van der Waals surface area contributed by atoms with Gasteiger partial charge in [-0.2, -0.15) is 0 Å². The molecule has 0 radical (unpaired) electrons. The van der Waals surface area contributed by atoms with E-state index in [9.17, 15) is 9.59 Å². The summed E-state index contributed by atoms with van der Waals surface area (Å²) in [5, 5.41) is 5.10. The molecule has 2 amide bonds. The number of nitrogens with one attached hydrogen (secondary N) is 2. The minimum absolute atomic E-state index is 0.174. The van der Waals surface area contributed by atoms with Crippen LogP contribution in [0, 0.1) is 0 Å². The van der Waals surface area contributed by atoms with Gasteiger partial charge in [0.05, 0.1) is 16.8 Å². The van der Waals surface area contributed by atoms with Crippen molar-refractivity contribution in [2.75, 3.05) is 10.6 Å². The molecule has 0 aliphatic carbocycles. The Balaban J connectivity index is 1.96. The summed E-state index contributed by atoms with van der Waals surface area (Å²) in [6, 6.07) is 15.1. The fourth-order valence-electron chi connectivity index (χ4n) is 2.28. The van der Waals surface area contributed by atoms with Crippen molar-refractivity contribution >= 4 is 34.8 Å². The molecule has 1 heterocycles. The Labute approximate surface area is 127 Å². The van der Waals surface area contributed by atoms with E-state index in [0.717, 1.165) is 11.1 Å². The topological polar surface area (TPSA) is 58.2 Å². The van der Waals surface area contributed by atoms with E-state index in [0.29, 0.717) is 11.4 Å². The number of anilines is 2. The monoisotopic (exact) mass is 300 g/mol. The summed E-state index contributed by atoms with van der Waals surface area (Å²) in [4.78, 5) is 23.1. The van der Waals surface area contributed by atoms with Gasteiger partial charge in [-0.1, -0.05) is 36.4 Å². The average molecular weight is 301 g/mol. The molecule has 21 heavy (non-hydrogen) atoms. The second-order valence-corrected chi connectivity index (χ2v) is 5.29. The molecule has 0 aromatic heterocycles. The minimum atomic E-state index is -0.325. The molecule has 0 saturated heterocycles. The molecule has 5 heteroatoms. The number of alkyl halides is 1. The summed E-state index contributed by atoms with van der Waals surface area (Å²) in [7, 11) is 0. The van der Waals surface area contributed by atoms with Crippen LogP contribution in [0.2, 0.25) is 0 Å². The standard InChI is InChI=1S/C16H13ClN2O2/c17-16(10-4-2-1-3-5-10)11-6-7-12-13(8-11)19-15(21)9-14(20)18-12/h1-8,16H,9H2,(H,18,20)(H,19,21). The first-order chi connectivity index (χ1) is 10.1. The molecular weight excluding hydrogens is 288 g/mol. The molecule has 0 bridgehead atoms. The number of halogens is 1. The summed E-state index contributed by atoms with van der Waals surface area (Å²) in [6.45, 7) is 0. The highest BCUT2D eigenvalue weighted by Gasteiger charge is 2.20. The fraction of sp³-hybridized carbons (Fsp3) is 0.125. The van der Waals surface area contributed by atoms with Crippen molar-refractivity contribution in [2.45, 2.75) is 11.8 Å². The van der Waals surface area contributed by atoms with E-state index in [1.807, 2.05) is 36.4 Å². The van der Waals surface area contributed by atoms with Crippen molar-refractivity contribution in [3.05, 3.63) is 59.7 Å². The largest absolute Gasteiger partial charge is 0.324 e. The summed E-state index contributed by atoms with van der Waals surface area (Å²) in [5.74, 6) is -0.640. The highest BCUT2D eigenvalue weighted by Crippen LogP contribution is 2.34. The van der Waals surface area contributed by atoms with Gasteiger partial charge in [0.2, 0.25) is 11.8 Å². The quantitative estimate of drug-likeness (QED) is 0.660. The molecule has 0 fully saturated rings. The highest BCUT2D eigenvalue weighted by molar-refractivity contribution is 6.22. The summed E-state index contributed by atoms with van der Waals surface area (Å²) in [5.41, 5.74) is 3.00. The van der Waals surface area contributed by atoms with Crippen LogP contribution in [0.5, 0.6) is 0 Å². The van der Waals surface area contributed by atoms with Crippen LogP contribution in [0.25, 0.3) is 0 Å². The van der Waals surface area contributed by atoms with Gasteiger partial charge >= 0.3 is 0 Å². The van der Waals surface area contributed by atoms with Crippen molar-refractivity contribution in [3.8, 4) is 0 Å². The molecule has 1 atom stereocenters. The molecule has 2 aromatic carbocycles. The molecule has 4 nitrogen and oxygen atoms in total. The Kier molecular flexibility index (Phi) is 3.62. The van der Waals surface area contributed by atoms with Gasteiger partial charge in [-0.15, -0.1) is 11.6 Å². The predicted octanol–water partition coefficient (Wildman–Crippen LogP) is 3.30. The number of carbonyl (C=O) groups is 2. The first-order valence-electron chi connectivity index (χ1n) is 6.56. The maximum absolute atomic E-state index is 11.6. The zero-order valence-corrected chi connectivity index (χ0v) is 11.9. The second kappa shape index (κ2) is 5.58. The predicted molar refractivity (Wildman–Crippen MR) is 82.5 cm³/mol. The van der Waals surface area contributed by atoms with Gasteiger partial charge in [0.15, 0.2) is 0 Å². The normalized spacial score (nSPS) is 15.5. The molecule has 106 valence electrons. The van der Waals surface area contributed by atoms with Gasteiger partial charge in [0.1, 0.15) is 6.42 Å². The third kappa shape index (κ3) is 2.90. The lowest BCUT2D eigenvalue weighted by molar-refractivity contribution is -0.123. The smallest absolute Gasteiger partial charge is 0.233 e. The first-order valence-corrected chi connectivity index (χ1v) is 7.00. The number of hydrogen-bond donors (Lipinski definition) is 2. The maximum atomic E-state index is 11.6. The fourth-order valence-corrected chi connectivity index (χ4v) is 2.56. The molecule has 0 spiro atoms. The van der Waals surface area contributed by atoms with E-state index in [1.165, 1.54) is 0 Å². The zero-order valence-electron chi connectivity index (χ0n) is 11.1. The van der Waals surface area contributed by atoms with Gasteiger partial charge in [-0.25, -0.2) is 0 Å². The van der Waals surface area contributed by atoms with Gasteiger partial charge < -0.3 is 10.6 Å². The van der Waals surface area contributed by atoms with E-state index in [4.69, 9.17) is 11.6 Å². The Bertz CT molecular complexity index is 701. The third-order valence-corrected chi connectivity index (χ3v) is 3.80. The summed E-state index contributed by atoms with van der Waals surface area (Å²) >= 11 is 6.48. The Morgan fingerprint density at radius 3 is 2.24 bits per heavy atom. The van der Waals surface area contributed by atoms with Crippen LogP contribution in [-0.4, -0.2) is 11.8 Å². The first kappa shape index (κ1) is 13.6. The lowest BCUT2D eigenvalue weighted by Gasteiger charge is -2.14. The van der Waals surface area contributed by atoms with Gasteiger partial charge in [0, 0.05) is 0 Å². The van der Waals surface area contributed by atoms with E-state index in [1.54, 1.807) is 12.1 Å². The van der Waals surface area contributed by atoms with Crippen LogP contribution in [0.15, 0.2) is 48.5 Å². The number of amides is 2. The molecule has 1 aliphatic heterocycles. The Morgan fingerprint density at radius 2 is 1.52 bits per heavy atom. The van der Waals surface area contributed by atoms with Gasteiger partial charge in [0.25, 0.3) is 0 Å². The molecular formula is C16H13ClN2O2. The lowest BCUT2D eigenvalue weighted by Crippen LogP contribution is -2.16. The van der Waals surface area contributed by atoms with Crippen molar-refractivity contribution < 1.29 is 9.59 Å². The third-order valence-electron chi connectivity index (χ3n) is 3.30. The van der Waals surface area contributed by atoms with Gasteiger partial charge in [-0.3, -0.25) is 9.59 Å². The van der Waals surface area contributed by atoms with Crippen molar-refractivity contribution in [1.29, 1.82) is 0 Å². The number of rotatable bonds is 2. The SMILES string of the molecule is O=C1CC(=O)Nc2cc(C(Cl)c3ccccc3)ccc2N1.